The first kappa shape index (κ1) is 20.1. The van der Waals surface area contributed by atoms with E-state index < -0.39 is 5.79 Å². The average molecular weight is 457 g/mol. The maximum absolute atomic E-state index is 13.2. The maximum Gasteiger partial charge on any atom is 0.312 e. The monoisotopic (exact) mass is 456 g/mol. The molecule has 4 unspecified atom stereocenters. The number of hydrogen-bond donors (Lipinski definition) is 0. The van der Waals surface area contributed by atoms with Gasteiger partial charge in [-0.15, -0.1) is 0 Å². The van der Waals surface area contributed by atoms with Crippen molar-refractivity contribution in [1.82, 2.24) is 0 Å². The van der Waals surface area contributed by atoms with E-state index in [2.05, 4.69) is 0 Å². The van der Waals surface area contributed by atoms with Gasteiger partial charge in [0, 0.05) is 17.8 Å². The van der Waals surface area contributed by atoms with Gasteiger partial charge >= 0.3 is 11.9 Å². The molecule has 6 nitrogen and oxygen atoms in total. The third-order valence-electron chi connectivity index (χ3n) is 12.3. The zero-order valence-electron chi connectivity index (χ0n) is 19.7. The molecule has 1 aliphatic heterocycles. The average Bonchev–Trinajstić information content (AvgIpc) is 3.29. The van der Waals surface area contributed by atoms with Crippen LogP contribution in [0, 0.1) is 57.7 Å². The second kappa shape index (κ2) is 6.16. The lowest BCUT2D eigenvalue weighted by atomic mass is 9.38. The molecule has 4 atom stereocenters. The molecule has 1 heterocycles. The van der Waals surface area contributed by atoms with Crippen LogP contribution in [-0.2, 0) is 28.5 Å². The molecule has 33 heavy (non-hydrogen) atoms. The fourth-order valence-electron chi connectivity index (χ4n) is 11.2. The summed E-state index contributed by atoms with van der Waals surface area (Å²) in [5, 5.41) is 0. The topological polar surface area (TPSA) is 71.1 Å². The quantitative estimate of drug-likeness (QED) is 0.601. The Bertz CT molecular complexity index is 884. The van der Waals surface area contributed by atoms with E-state index in [-0.39, 0.29) is 40.5 Å². The molecule has 2 spiro atoms. The summed E-state index contributed by atoms with van der Waals surface area (Å²) in [6.07, 6.45) is 10.7. The SMILES string of the molecule is COC(=O)C12CC3CC(C1)C1(OCC(COC(=O)C45CC6CC7CC(C4)C76C5)CO1)C(C3)C2. The third kappa shape index (κ3) is 2.25. The van der Waals surface area contributed by atoms with Crippen molar-refractivity contribution in [1.29, 1.82) is 0 Å². The fourth-order valence-corrected chi connectivity index (χ4v) is 11.2. The molecule has 0 N–H and O–H groups in total. The minimum Gasteiger partial charge on any atom is -0.469 e. The summed E-state index contributed by atoms with van der Waals surface area (Å²) in [5.41, 5.74) is 0.0418. The highest BCUT2D eigenvalue weighted by Gasteiger charge is 2.79. The van der Waals surface area contributed by atoms with Crippen molar-refractivity contribution in [3.63, 3.8) is 0 Å². The number of carbonyl (C=O) groups excluding carboxylic acids is 2. The molecule has 0 aromatic rings. The molecule has 0 aromatic carbocycles. The standard InChI is InChI=1S/C27H36O6/c1-30-22(28)24-6-15-2-20(9-24)27(21(3-15)10-24)32-12-16(13-33-27)11-31-23(29)25-7-18-4-17-5-19(8-25)26(17,18)14-25/h15-21H,2-14H2,1H3. The van der Waals surface area contributed by atoms with E-state index in [1.807, 2.05) is 0 Å². The van der Waals surface area contributed by atoms with Crippen molar-refractivity contribution in [2.45, 2.75) is 70.0 Å². The van der Waals surface area contributed by atoms with E-state index >= 15 is 0 Å². The Labute approximate surface area is 195 Å². The lowest BCUT2D eigenvalue weighted by Crippen LogP contribution is -2.66. The van der Waals surface area contributed by atoms with Crippen molar-refractivity contribution < 1.29 is 28.5 Å². The zero-order valence-corrected chi connectivity index (χ0v) is 19.7. The van der Waals surface area contributed by atoms with Gasteiger partial charge < -0.3 is 18.9 Å². The first-order valence-corrected chi connectivity index (χ1v) is 13.4. The van der Waals surface area contributed by atoms with E-state index in [4.69, 9.17) is 18.9 Å². The predicted molar refractivity (Wildman–Crippen MR) is 116 cm³/mol. The molecule has 9 aliphatic rings. The summed E-state index contributed by atoms with van der Waals surface area (Å²) >= 11 is 0. The minimum absolute atomic E-state index is 0.0386. The van der Waals surface area contributed by atoms with Gasteiger partial charge in [0.2, 0.25) is 0 Å². The van der Waals surface area contributed by atoms with Crippen LogP contribution in [0.1, 0.15) is 64.2 Å². The molecular weight excluding hydrogens is 420 g/mol. The van der Waals surface area contributed by atoms with Crippen molar-refractivity contribution in [3.8, 4) is 0 Å². The maximum atomic E-state index is 13.2. The summed E-state index contributed by atoms with van der Waals surface area (Å²) in [5.74, 6) is 3.21. The van der Waals surface area contributed by atoms with E-state index in [9.17, 15) is 9.59 Å². The summed E-state index contributed by atoms with van der Waals surface area (Å²) in [4.78, 5) is 25.8. The van der Waals surface area contributed by atoms with Gasteiger partial charge in [0.05, 0.1) is 37.8 Å². The van der Waals surface area contributed by atoms with Gasteiger partial charge in [-0.2, -0.15) is 0 Å². The number of methoxy groups -OCH3 is 1. The molecular formula is C27H36O6. The van der Waals surface area contributed by atoms with Crippen LogP contribution in [0.2, 0.25) is 0 Å². The van der Waals surface area contributed by atoms with Crippen LogP contribution in [0.15, 0.2) is 0 Å². The molecule has 8 saturated carbocycles. The Morgan fingerprint density at radius 1 is 0.788 bits per heavy atom. The molecule has 6 heteroatoms. The summed E-state index contributed by atoms with van der Waals surface area (Å²) < 4.78 is 24.2. The van der Waals surface area contributed by atoms with Crippen LogP contribution >= 0.6 is 0 Å². The van der Waals surface area contributed by atoms with Crippen LogP contribution in [0.5, 0.6) is 0 Å². The Morgan fingerprint density at radius 2 is 1.42 bits per heavy atom. The molecule has 6 bridgehead atoms. The van der Waals surface area contributed by atoms with E-state index in [0.29, 0.717) is 31.2 Å². The molecule has 0 amide bonds. The van der Waals surface area contributed by atoms with Gasteiger partial charge in [0.25, 0.3) is 0 Å². The summed E-state index contributed by atoms with van der Waals surface area (Å²) in [6, 6.07) is 0. The van der Waals surface area contributed by atoms with Gasteiger partial charge in [-0.25, -0.2) is 0 Å². The number of hydrogen-bond acceptors (Lipinski definition) is 6. The van der Waals surface area contributed by atoms with Crippen LogP contribution in [0.3, 0.4) is 0 Å². The Balaban J connectivity index is 0.911. The highest BCUT2D eigenvalue weighted by Crippen LogP contribution is 2.84. The van der Waals surface area contributed by atoms with Gasteiger partial charge in [-0.1, -0.05) is 0 Å². The largest absolute Gasteiger partial charge is 0.469 e. The molecule has 180 valence electrons. The van der Waals surface area contributed by atoms with E-state index in [1.165, 1.54) is 20.0 Å². The molecule has 0 radical (unpaired) electrons. The molecule has 9 fully saturated rings. The van der Waals surface area contributed by atoms with Crippen molar-refractivity contribution in [2.24, 2.45) is 57.7 Å². The lowest BCUT2D eigenvalue weighted by molar-refractivity contribution is -0.375. The van der Waals surface area contributed by atoms with Gasteiger partial charge in [0.1, 0.15) is 0 Å². The number of ether oxygens (including phenoxy) is 4. The van der Waals surface area contributed by atoms with Crippen LogP contribution < -0.4 is 0 Å². The van der Waals surface area contributed by atoms with Crippen molar-refractivity contribution >= 4 is 11.9 Å². The van der Waals surface area contributed by atoms with Gasteiger partial charge in [-0.05, 0) is 93.3 Å². The molecule has 0 aromatic heterocycles. The second-order valence-electron chi connectivity index (χ2n) is 13.5. The Morgan fingerprint density at radius 3 is 2.00 bits per heavy atom. The second-order valence-corrected chi connectivity index (χ2v) is 13.5. The van der Waals surface area contributed by atoms with Crippen LogP contribution in [-0.4, -0.2) is 44.7 Å². The highest BCUT2D eigenvalue weighted by atomic mass is 16.7. The summed E-state index contributed by atoms with van der Waals surface area (Å²) in [6.45, 7) is 1.58. The predicted octanol–water partition coefficient (Wildman–Crippen LogP) is 3.71. The third-order valence-corrected chi connectivity index (χ3v) is 12.3. The zero-order chi connectivity index (χ0) is 22.2. The smallest absolute Gasteiger partial charge is 0.312 e. The summed E-state index contributed by atoms with van der Waals surface area (Å²) in [7, 11) is 1.51. The van der Waals surface area contributed by atoms with Crippen LogP contribution in [0.4, 0.5) is 0 Å². The first-order valence-electron chi connectivity index (χ1n) is 13.4. The van der Waals surface area contributed by atoms with Gasteiger partial charge in [0.15, 0.2) is 5.79 Å². The van der Waals surface area contributed by atoms with Crippen molar-refractivity contribution in [2.75, 3.05) is 26.9 Å². The lowest BCUT2D eigenvalue weighted by Gasteiger charge is -2.66. The molecule has 9 rings (SSSR count). The molecule has 1 saturated heterocycles. The number of fused-ring (bicyclic) bond motifs is 1. The Kier molecular flexibility index (Phi) is 3.75. The van der Waals surface area contributed by atoms with Gasteiger partial charge in [-0.3, -0.25) is 9.59 Å². The first-order chi connectivity index (χ1) is 15.9. The normalized spacial score (nSPS) is 58.5. The Hall–Kier alpha value is -1.14. The van der Waals surface area contributed by atoms with E-state index in [1.54, 1.807) is 0 Å². The number of esters is 2. The molecule has 8 aliphatic carbocycles. The number of rotatable bonds is 4. The van der Waals surface area contributed by atoms with Crippen LogP contribution in [0.25, 0.3) is 0 Å². The van der Waals surface area contributed by atoms with E-state index in [0.717, 1.165) is 69.1 Å². The number of carbonyl (C=O) groups is 2. The van der Waals surface area contributed by atoms with Crippen molar-refractivity contribution in [3.05, 3.63) is 0 Å². The fraction of sp³-hybridized carbons (Fsp3) is 0.926. The highest BCUT2D eigenvalue weighted by molar-refractivity contribution is 5.79. The minimum atomic E-state index is -0.545.